The molecule has 0 aliphatic carbocycles. The highest BCUT2D eigenvalue weighted by Gasteiger charge is 2.40. The third-order valence-electron chi connectivity index (χ3n) is 4.33. The first-order valence-electron chi connectivity index (χ1n) is 8.38. The zero-order valence-electron chi connectivity index (χ0n) is 14.7. The van der Waals surface area contributed by atoms with Crippen LogP contribution in [0.2, 0.25) is 0 Å². The van der Waals surface area contributed by atoms with E-state index in [1.165, 1.54) is 0 Å². The van der Waals surface area contributed by atoms with Crippen molar-refractivity contribution in [3.8, 4) is 5.75 Å². The minimum Gasteiger partial charge on any atom is -0.490 e. The number of carboxylic acids is 1. The Kier molecular flexibility index (Phi) is 6.58. The second kappa shape index (κ2) is 8.67. The predicted octanol–water partition coefficient (Wildman–Crippen LogP) is 2.64. The molecule has 1 aromatic carbocycles. The minimum atomic E-state index is -0.953. The van der Waals surface area contributed by atoms with Crippen LogP contribution in [0.25, 0.3) is 0 Å². The summed E-state index contributed by atoms with van der Waals surface area (Å²) in [4.78, 5) is 24.0. The Morgan fingerprint density at radius 3 is 2.68 bits per heavy atom. The molecule has 2 N–H and O–H groups in total. The van der Waals surface area contributed by atoms with E-state index in [-0.39, 0.29) is 12.5 Å². The fourth-order valence-electron chi connectivity index (χ4n) is 2.61. The largest absolute Gasteiger partial charge is 0.490 e. The van der Waals surface area contributed by atoms with Crippen molar-refractivity contribution in [2.45, 2.75) is 26.7 Å². The fourth-order valence-corrected chi connectivity index (χ4v) is 2.61. The molecule has 136 valence electrons. The van der Waals surface area contributed by atoms with Crippen LogP contribution >= 0.6 is 0 Å². The molecule has 1 amide bonds. The average Bonchev–Trinajstić information content (AvgIpc) is 2.60. The van der Waals surface area contributed by atoms with Crippen molar-refractivity contribution in [1.29, 1.82) is 0 Å². The van der Waals surface area contributed by atoms with Crippen molar-refractivity contribution in [2.75, 3.05) is 26.4 Å². The number of carbonyl (C=O) groups is 2. The van der Waals surface area contributed by atoms with Gasteiger partial charge in [-0.3, -0.25) is 9.59 Å². The number of benzene rings is 1. The lowest BCUT2D eigenvalue weighted by Crippen LogP contribution is -2.46. The minimum absolute atomic E-state index is 0.0907. The molecule has 2 rings (SSSR count). The summed E-state index contributed by atoms with van der Waals surface area (Å²) in [5.41, 5.74) is 0.650. The molecule has 6 nitrogen and oxygen atoms in total. The van der Waals surface area contributed by atoms with E-state index in [1.54, 1.807) is 24.3 Å². The zero-order valence-corrected chi connectivity index (χ0v) is 14.7. The number of aliphatic carboxylic acids is 1. The first kappa shape index (κ1) is 19.0. The smallest absolute Gasteiger partial charge is 0.311 e. The highest BCUT2D eigenvalue weighted by molar-refractivity contribution is 5.95. The van der Waals surface area contributed by atoms with Gasteiger partial charge < -0.3 is 19.9 Å². The molecule has 25 heavy (non-hydrogen) atoms. The van der Waals surface area contributed by atoms with Gasteiger partial charge in [0.05, 0.1) is 5.41 Å². The van der Waals surface area contributed by atoms with Gasteiger partial charge in [0, 0.05) is 25.3 Å². The van der Waals surface area contributed by atoms with Gasteiger partial charge in [-0.2, -0.15) is 0 Å². The molecule has 0 saturated carbocycles. The summed E-state index contributed by atoms with van der Waals surface area (Å²) in [6, 6.07) is 6.87. The van der Waals surface area contributed by atoms with Gasteiger partial charge in [-0.25, -0.2) is 0 Å². The van der Waals surface area contributed by atoms with Crippen molar-refractivity contribution < 1.29 is 24.2 Å². The van der Waals surface area contributed by atoms with Gasteiger partial charge in [0.15, 0.2) is 0 Å². The summed E-state index contributed by atoms with van der Waals surface area (Å²) in [5.74, 6) is -0.598. The molecule has 1 aliphatic heterocycles. The summed E-state index contributed by atoms with van der Waals surface area (Å²) < 4.78 is 10.8. The number of carboxylic acid groups (broad SMARTS) is 1. The van der Waals surface area contributed by atoms with Gasteiger partial charge >= 0.3 is 5.97 Å². The molecular formula is C19H25NO5. The maximum atomic E-state index is 12.4. The van der Waals surface area contributed by atoms with E-state index >= 15 is 0 Å². The molecule has 1 aromatic rings. The standard InChI is InChI=1S/C19H25NO5/c1-14(2)6-9-25-16-5-3-4-15(12-16)17(21)20-13-19(18(22)23)7-10-24-11-8-19/h3-6,12H,7-11,13H2,1-2H3,(H,20,21)(H,22,23). The summed E-state index contributed by atoms with van der Waals surface area (Å²) in [5, 5.41) is 12.3. The Balaban J connectivity index is 1.98. The van der Waals surface area contributed by atoms with Crippen LogP contribution in [0.4, 0.5) is 0 Å². The van der Waals surface area contributed by atoms with Gasteiger partial charge in [-0.1, -0.05) is 11.6 Å². The molecular weight excluding hydrogens is 322 g/mol. The Morgan fingerprint density at radius 2 is 2.04 bits per heavy atom. The molecule has 1 saturated heterocycles. The molecule has 6 heteroatoms. The molecule has 0 unspecified atom stereocenters. The van der Waals surface area contributed by atoms with Crippen molar-refractivity contribution >= 4 is 11.9 Å². The number of nitrogens with one attached hydrogen (secondary N) is 1. The quantitative estimate of drug-likeness (QED) is 0.741. The SMILES string of the molecule is CC(C)=CCOc1cccc(C(=O)NCC2(C(=O)O)CCOCC2)c1. The topological polar surface area (TPSA) is 84.9 Å². The molecule has 1 fully saturated rings. The van der Waals surface area contributed by atoms with Crippen LogP contribution < -0.4 is 10.1 Å². The van der Waals surface area contributed by atoms with Crippen molar-refractivity contribution in [3.63, 3.8) is 0 Å². The van der Waals surface area contributed by atoms with E-state index in [0.29, 0.717) is 44.0 Å². The molecule has 0 bridgehead atoms. The summed E-state index contributed by atoms with van der Waals surface area (Å²) in [7, 11) is 0. The van der Waals surface area contributed by atoms with Gasteiger partial charge in [0.1, 0.15) is 12.4 Å². The third-order valence-corrected chi connectivity index (χ3v) is 4.33. The number of hydrogen-bond donors (Lipinski definition) is 2. The third kappa shape index (κ3) is 5.32. The summed E-state index contributed by atoms with van der Waals surface area (Å²) in [6.45, 7) is 5.30. The van der Waals surface area contributed by atoms with Crippen LogP contribution in [0.15, 0.2) is 35.9 Å². The monoisotopic (exact) mass is 347 g/mol. The number of rotatable bonds is 7. The van der Waals surface area contributed by atoms with Crippen LogP contribution in [0.1, 0.15) is 37.0 Å². The number of carbonyl (C=O) groups excluding carboxylic acids is 1. The van der Waals surface area contributed by atoms with E-state index in [9.17, 15) is 14.7 Å². The normalized spacial score (nSPS) is 15.9. The lowest BCUT2D eigenvalue weighted by molar-refractivity contribution is -0.154. The molecule has 0 radical (unpaired) electrons. The number of hydrogen-bond acceptors (Lipinski definition) is 4. The van der Waals surface area contributed by atoms with Gasteiger partial charge in [0.25, 0.3) is 5.91 Å². The van der Waals surface area contributed by atoms with Crippen LogP contribution in [0, 0.1) is 5.41 Å². The second-order valence-electron chi connectivity index (χ2n) is 6.50. The van der Waals surface area contributed by atoms with Gasteiger partial charge in [-0.05, 0) is 51.0 Å². The van der Waals surface area contributed by atoms with Crippen LogP contribution in [-0.2, 0) is 9.53 Å². The van der Waals surface area contributed by atoms with E-state index in [2.05, 4.69) is 5.32 Å². The molecule has 1 aliphatic rings. The summed E-state index contributed by atoms with van der Waals surface area (Å²) in [6.07, 6.45) is 2.75. The summed E-state index contributed by atoms with van der Waals surface area (Å²) >= 11 is 0. The van der Waals surface area contributed by atoms with Crippen molar-refractivity contribution in [2.24, 2.45) is 5.41 Å². The van der Waals surface area contributed by atoms with Crippen LogP contribution in [-0.4, -0.2) is 43.3 Å². The van der Waals surface area contributed by atoms with Crippen molar-refractivity contribution in [1.82, 2.24) is 5.32 Å². The molecule has 1 heterocycles. The van der Waals surface area contributed by atoms with Crippen LogP contribution in [0.5, 0.6) is 5.75 Å². The highest BCUT2D eigenvalue weighted by Crippen LogP contribution is 2.30. The number of amides is 1. The average molecular weight is 347 g/mol. The first-order valence-corrected chi connectivity index (χ1v) is 8.38. The first-order chi connectivity index (χ1) is 11.9. The Labute approximate surface area is 147 Å². The Bertz CT molecular complexity index is 643. The predicted molar refractivity (Wildman–Crippen MR) is 93.8 cm³/mol. The Morgan fingerprint density at radius 1 is 1.32 bits per heavy atom. The fraction of sp³-hybridized carbons (Fsp3) is 0.474. The lowest BCUT2D eigenvalue weighted by Gasteiger charge is -2.33. The molecule has 0 atom stereocenters. The number of allylic oxidation sites excluding steroid dienone is 1. The van der Waals surface area contributed by atoms with Gasteiger partial charge in [0.2, 0.25) is 0 Å². The molecule has 0 aromatic heterocycles. The van der Waals surface area contributed by atoms with Crippen molar-refractivity contribution in [3.05, 3.63) is 41.5 Å². The van der Waals surface area contributed by atoms with E-state index in [1.807, 2.05) is 19.9 Å². The second-order valence-corrected chi connectivity index (χ2v) is 6.50. The van der Waals surface area contributed by atoms with Gasteiger partial charge in [-0.15, -0.1) is 0 Å². The zero-order chi connectivity index (χ0) is 18.3. The van der Waals surface area contributed by atoms with E-state index in [0.717, 1.165) is 5.57 Å². The maximum Gasteiger partial charge on any atom is 0.311 e. The van der Waals surface area contributed by atoms with E-state index in [4.69, 9.17) is 9.47 Å². The molecule has 0 spiro atoms. The van der Waals surface area contributed by atoms with E-state index < -0.39 is 11.4 Å². The maximum absolute atomic E-state index is 12.4. The number of ether oxygens (including phenoxy) is 2. The highest BCUT2D eigenvalue weighted by atomic mass is 16.5. The Hall–Kier alpha value is -2.34. The lowest BCUT2D eigenvalue weighted by atomic mass is 9.80. The van der Waals surface area contributed by atoms with Crippen LogP contribution in [0.3, 0.4) is 0 Å².